The summed E-state index contributed by atoms with van der Waals surface area (Å²) in [5.74, 6) is 1.20. The van der Waals surface area contributed by atoms with Crippen molar-refractivity contribution < 1.29 is 0 Å². The van der Waals surface area contributed by atoms with E-state index in [1.807, 2.05) is 11.8 Å². The van der Waals surface area contributed by atoms with E-state index in [1.54, 1.807) is 0 Å². The van der Waals surface area contributed by atoms with Gasteiger partial charge in [-0.25, -0.2) is 0 Å². The fourth-order valence-corrected chi connectivity index (χ4v) is 3.18. The van der Waals surface area contributed by atoms with Gasteiger partial charge in [-0.05, 0) is 36.8 Å². The van der Waals surface area contributed by atoms with Crippen LogP contribution in [0.15, 0.2) is 23.1 Å². The van der Waals surface area contributed by atoms with Gasteiger partial charge in [-0.1, -0.05) is 57.9 Å². The predicted octanol–water partition coefficient (Wildman–Crippen LogP) is 5.81. The smallest absolute Gasteiger partial charge is 0.0454 e. The van der Waals surface area contributed by atoms with Gasteiger partial charge in [-0.15, -0.1) is 11.8 Å². The predicted molar refractivity (Wildman–Crippen MR) is 88.9 cm³/mol. The van der Waals surface area contributed by atoms with Crippen LogP contribution in [0.25, 0.3) is 0 Å². The molecule has 0 aliphatic carbocycles. The van der Waals surface area contributed by atoms with Gasteiger partial charge in [0, 0.05) is 10.6 Å². The Bertz CT molecular complexity index is 349. The zero-order valence-electron chi connectivity index (χ0n) is 12.6. The third kappa shape index (κ3) is 7.51. The van der Waals surface area contributed by atoms with Crippen LogP contribution in [0.5, 0.6) is 0 Å². The second-order valence-corrected chi connectivity index (χ2v) is 6.50. The van der Waals surface area contributed by atoms with Gasteiger partial charge in [0.25, 0.3) is 0 Å². The number of anilines is 1. The van der Waals surface area contributed by atoms with E-state index in [9.17, 15) is 0 Å². The van der Waals surface area contributed by atoms with Gasteiger partial charge >= 0.3 is 0 Å². The summed E-state index contributed by atoms with van der Waals surface area (Å²) in [5.41, 5.74) is 8.19. The average molecular weight is 279 g/mol. The first kappa shape index (κ1) is 16.4. The van der Waals surface area contributed by atoms with E-state index in [2.05, 4.69) is 32.0 Å². The van der Waals surface area contributed by atoms with Gasteiger partial charge in [-0.2, -0.15) is 0 Å². The molecule has 0 unspecified atom stereocenters. The van der Waals surface area contributed by atoms with E-state index in [4.69, 9.17) is 5.73 Å². The molecule has 0 saturated carbocycles. The standard InChI is InChI=1S/C17H29NS/c1-3-4-5-6-7-8-9-10-13-19-17-12-11-15(2)14-16(17)18/h11-12,14H,3-10,13,18H2,1-2H3. The first-order valence-electron chi connectivity index (χ1n) is 7.73. The van der Waals surface area contributed by atoms with Crippen molar-refractivity contribution in [2.24, 2.45) is 0 Å². The third-order valence-corrected chi connectivity index (χ3v) is 4.60. The number of nitrogen functional groups attached to an aromatic ring is 1. The van der Waals surface area contributed by atoms with E-state index in [0.717, 1.165) is 5.69 Å². The molecule has 0 aliphatic heterocycles. The molecule has 2 heteroatoms. The Labute approximate surface area is 123 Å². The first-order chi connectivity index (χ1) is 9.24. The van der Waals surface area contributed by atoms with E-state index in [1.165, 1.54) is 67.6 Å². The lowest BCUT2D eigenvalue weighted by molar-refractivity contribution is 0.586. The molecule has 0 amide bonds. The maximum atomic E-state index is 6.01. The van der Waals surface area contributed by atoms with Crippen LogP contribution in [-0.4, -0.2) is 5.75 Å². The maximum absolute atomic E-state index is 6.01. The number of unbranched alkanes of at least 4 members (excludes halogenated alkanes) is 7. The molecule has 0 radical (unpaired) electrons. The fourth-order valence-electron chi connectivity index (χ4n) is 2.22. The van der Waals surface area contributed by atoms with E-state index >= 15 is 0 Å². The number of hydrogen-bond donors (Lipinski definition) is 1. The summed E-state index contributed by atoms with van der Waals surface area (Å²) in [6, 6.07) is 6.36. The minimum absolute atomic E-state index is 0.935. The summed E-state index contributed by atoms with van der Waals surface area (Å²) in [6.07, 6.45) is 11.1. The van der Waals surface area contributed by atoms with Crippen LogP contribution >= 0.6 is 11.8 Å². The molecule has 2 N–H and O–H groups in total. The Balaban J connectivity index is 2.01. The van der Waals surface area contributed by atoms with Crippen molar-refractivity contribution in [1.29, 1.82) is 0 Å². The van der Waals surface area contributed by atoms with Gasteiger partial charge in [0.05, 0.1) is 0 Å². The second-order valence-electron chi connectivity index (χ2n) is 5.36. The molecule has 0 aromatic heterocycles. The van der Waals surface area contributed by atoms with Crippen molar-refractivity contribution in [1.82, 2.24) is 0 Å². The molecule has 0 fully saturated rings. The van der Waals surface area contributed by atoms with Crippen molar-refractivity contribution in [2.75, 3.05) is 11.5 Å². The van der Waals surface area contributed by atoms with Gasteiger partial charge in [-0.3, -0.25) is 0 Å². The van der Waals surface area contributed by atoms with Crippen molar-refractivity contribution in [2.45, 2.75) is 70.1 Å². The van der Waals surface area contributed by atoms with Crippen molar-refractivity contribution in [3.05, 3.63) is 23.8 Å². The molecule has 0 atom stereocenters. The Hall–Kier alpha value is -0.630. The molecule has 108 valence electrons. The minimum Gasteiger partial charge on any atom is -0.398 e. The normalized spacial score (nSPS) is 10.8. The van der Waals surface area contributed by atoms with Gasteiger partial charge in [0.1, 0.15) is 0 Å². The lowest BCUT2D eigenvalue weighted by atomic mass is 10.1. The molecule has 1 rings (SSSR count). The molecule has 1 nitrogen and oxygen atoms in total. The van der Waals surface area contributed by atoms with Crippen LogP contribution in [-0.2, 0) is 0 Å². The first-order valence-corrected chi connectivity index (χ1v) is 8.71. The highest BCUT2D eigenvalue weighted by molar-refractivity contribution is 7.99. The highest BCUT2D eigenvalue weighted by Crippen LogP contribution is 2.26. The van der Waals surface area contributed by atoms with Gasteiger partial charge in [0.15, 0.2) is 0 Å². The summed E-state index contributed by atoms with van der Waals surface area (Å²) < 4.78 is 0. The number of rotatable bonds is 10. The van der Waals surface area contributed by atoms with Crippen molar-refractivity contribution in [3.8, 4) is 0 Å². The van der Waals surface area contributed by atoms with Crippen molar-refractivity contribution in [3.63, 3.8) is 0 Å². The van der Waals surface area contributed by atoms with Crippen LogP contribution < -0.4 is 5.73 Å². The Morgan fingerprint density at radius 1 is 0.947 bits per heavy atom. The molecule has 1 aromatic carbocycles. The van der Waals surface area contributed by atoms with E-state index in [0.29, 0.717) is 0 Å². The van der Waals surface area contributed by atoms with Crippen LogP contribution in [0.3, 0.4) is 0 Å². The Morgan fingerprint density at radius 3 is 2.21 bits per heavy atom. The Morgan fingerprint density at radius 2 is 1.58 bits per heavy atom. The summed E-state index contributed by atoms with van der Waals surface area (Å²) in [4.78, 5) is 1.24. The van der Waals surface area contributed by atoms with Crippen LogP contribution in [0.4, 0.5) is 5.69 Å². The highest BCUT2D eigenvalue weighted by Gasteiger charge is 2.00. The minimum atomic E-state index is 0.935. The number of thioether (sulfide) groups is 1. The molecular weight excluding hydrogens is 250 g/mol. The van der Waals surface area contributed by atoms with Crippen LogP contribution in [0.2, 0.25) is 0 Å². The number of hydrogen-bond acceptors (Lipinski definition) is 2. The molecule has 1 aromatic rings. The van der Waals surface area contributed by atoms with Gasteiger partial charge < -0.3 is 5.73 Å². The van der Waals surface area contributed by atoms with E-state index < -0.39 is 0 Å². The topological polar surface area (TPSA) is 26.0 Å². The maximum Gasteiger partial charge on any atom is 0.0454 e. The molecule has 0 bridgehead atoms. The van der Waals surface area contributed by atoms with E-state index in [-0.39, 0.29) is 0 Å². The molecular formula is C17H29NS. The molecule has 0 heterocycles. The summed E-state index contributed by atoms with van der Waals surface area (Å²) in [7, 11) is 0. The molecule has 19 heavy (non-hydrogen) atoms. The average Bonchev–Trinajstić information content (AvgIpc) is 2.39. The highest BCUT2D eigenvalue weighted by atomic mass is 32.2. The van der Waals surface area contributed by atoms with Gasteiger partial charge in [0.2, 0.25) is 0 Å². The summed E-state index contributed by atoms with van der Waals surface area (Å²) >= 11 is 1.90. The SMILES string of the molecule is CCCCCCCCCCSc1ccc(C)cc1N. The lowest BCUT2D eigenvalue weighted by Gasteiger charge is -2.06. The third-order valence-electron chi connectivity index (χ3n) is 3.42. The second kappa shape index (κ2) is 10.2. The molecule has 0 aliphatic rings. The molecule has 0 spiro atoms. The number of nitrogens with two attached hydrogens (primary N) is 1. The Kier molecular flexibility index (Phi) is 8.81. The zero-order valence-corrected chi connectivity index (χ0v) is 13.4. The largest absolute Gasteiger partial charge is 0.398 e. The van der Waals surface area contributed by atoms with Crippen LogP contribution in [0.1, 0.15) is 63.9 Å². The molecule has 0 saturated heterocycles. The summed E-state index contributed by atoms with van der Waals surface area (Å²) in [5, 5.41) is 0. The monoisotopic (exact) mass is 279 g/mol. The number of benzene rings is 1. The quantitative estimate of drug-likeness (QED) is 0.332. The fraction of sp³-hybridized carbons (Fsp3) is 0.647. The zero-order chi connectivity index (χ0) is 13.9. The van der Waals surface area contributed by atoms with Crippen molar-refractivity contribution >= 4 is 17.4 Å². The summed E-state index contributed by atoms with van der Waals surface area (Å²) in [6.45, 7) is 4.36. The van der Waals surface area contributed by atoms with Crippen LogP contribution in [0, 0.1) is 6.92 Å². The lowest BCUT2D eigenvalue weighted by Crippen LogP contribution is -1.90. The number of aryl methyl sites for hydroxylation is 1.